The summed E-state index contributed by atoms with van der Waals surface area (Å²) in [5, 5.41) is 13.2. The van der Waals surface area contributed by atoms with Crippen molar-refractivity contribution in [3.63, 3.8) is 0 Å². The minimum Gasteiger partial charge on any atom is -0.305 e. The first-order valence-corrected chi connectivity index (χ1v) is 12.5. The highest BCUT2D eigenvalue weighted by atomic mass is 32.2. The lowest BCUT2D eigenvalue weighted by atomic mass is 9.85. The molecule has 0 saturated heterocycles. The van der Waals surface area contributed by atoms with Crippen molar-refractivity contribution in [3.8, 4) is 0 Å². The topological polar surface area (TPSA) is 102 Å². The molecule has 2 heterocycles. The second-order valence-corrected chi connectivity index (χ2v) is 11.4. The fourth-order valence-electron chi connectivity index (χ4n) is 5.31. The third-order valence-corrected chi connectivity index (χ3v) is 8.27. The van der Waals surface area contributed by atoms with E-state index in [9.17, 15) is 13.4 Å². The average molecular weight is 446 g/mol. The molecule has 31 heavy (non-hydrogen) atoms. The molecule has 0 radical (unpaired) electrons. The summed E-state index contributed by atoms with van der Waals surface area (Å²) < 4.78 is 33.8. The first kappa shape index (κ1) is 20.6. The maximum absolute atomic E-state index is 14.9. The second kappa shape index (κ2) is 7.13. The van der Waals surface area contributed by atoms with Crippen LogP contribution in [0.2, 0.25) is 0 Å². The molecule has 2 aliphatic carbocycles. The van der Waals surface area contributed by atoms with Crippen LogP contribution in [0, 0.1) is 11.2 Å². The predicted molar refractivity (Wildman–Crippen MR) is 117 cm³/mol. The maximum Gasteiger partial charge on any atom is 0.354 e. The van der Waals surface area contributed by atoms with E-state index >= 15 is 0 Å². The summed E-state index contributed by atoms with van der Waals surface area (Å²) in [5.74, 6) is -0.105. The SMILES string of the molecule is CC1(C)CCc2c(S(N)(=O)=NC(=O)Nc3c4c(c(F)c5c3CCC5)CCC4)cnn2C1. The molecule has 0 saturated carbocycles. The van der Waals surface area contributed by atoms with Crippen LogP contribution in [-0.4, -0.2) is 20.0 Å². The summed E-state index contributed by atoms with van der Waals surface area (Å²) in [4.78, 5) is 13.1. The van der Waals surface area contributed by atoms with Gasteiger partial charge in [0.15, 0.2) is 0 Å². The highest BCUT2D eigenvalue weighted by Gasteiger charge is 2.32. The molecule has 3 aliphatic rings. The quantitative estimate of drug-likeness (QED) is 0.733. The number of fused-ring (bicyclic) bond motifs is 3. The van der Waals surface area contributed by atoms with Crippen molar-refractivity contribution in [2.45, 2.75) is 76.7 Å². The summed E-state index contributed by atoms with van der Waals surface area (Å²) in [5.41, 5.74) is 4.67. The summed E-state index contributed by atoms with van der Waals surface area (Å²) in [7, 11) is -3.45. The molecule has 2 amide bonds. The molecule has 0 bridgehead atoms. The molecule has 1 unspecified atom stereocenters. The van der Waals surface area contributed by atoms with Crippen LogP contribution in [-0.2, 0) is 48.6 Å². The van der Waals surface area contributed by atoms with E-state index < -0.39 is 15.9 Å². The van der Waals surface area contributed by atoms with E-state index in [1.165, 1.54) is 6.20 Å². The Labute approximate surface area is 181 Å². The Morgan fingerprint density at radius 2 is 1.77 bits per heavy atom. The number of benzene rings is 1. The molecular formula is C22H28FN5O2S. The third-order valence-electron chi connectivity index (χ3n) is 6.86. The fourth-order valence-corrected chi connectivity index (χ4v) is 6.44. The van der Waals surface area contributed by atoms with Crippen molar-refractivity contribution in [2.75, 3.05) is 5.32 Å². The van der Waals surface area contributed by atoms with Crippen molar-refractivity contribution in [2.24, 2.45) is 14.9 Å². The van der Waals surface area contributed by atoms with Crippen LogP contribution < -0.4 is 10.5 Å². The Morgan fingerprint density at radius 3 is 2.42 bits per heavy atom. The first-order valence-electron chi connectivity index (χ1n) is 10.9. The zero-order chi connectivity index (χ0) is 22.0. The van der Waals surface area contributed by atoms with Crippen LogP contribution in [0.15, 0.2) is 15.5 Å². The van der Waals surface area contributed by atoms with Gasteiger partial charge >= 0.3 is 6.03 Å². The van der Waals surface area contributed by atoms with Gasteiger partial charge in [-0.1, -0.05) is 13.8 Å². The van der Waals surface area contributed by atoms with E-state index in [-0.39, 0.29) is 11.2 Å². The molecular weight excluding hydrogens is 417 g/mol. The largest absolute Gasteiger partial charge is 0.354 e. The van der Waals surface area contributed by atoms with Crippen molar-refractivity contribution >= 4 is 21.6 Å². The van der Waals surface area contributed by atoms with E-state index in [4.69, 9.17) is 5.14 Å². The van der Waals surface area contributed by atoms with Gasteiger partial charge in [-0.15, -0.1) is 4.36 Å². The number of carbonyl (C=O) groups is 1. The van der Waals surface area contributed by atoms with Gasteiger partial charge in [-0.2, -0.15) is 5.10 Å². The summed E-state index contributed by atoms with van der Waals surface area (Å²) >= 11 is 0. The van der Waals surface area contributed by atoms with E-state index in [1.54, 1.807) is 0 Å². The molecule has 7 nitrogen and oxygen atoms in total. The van der Waals surface area contributed by atoms with Gasteiger partial charge in [0.1, 0.15) is 20.6 Å². The van der Waals surface area contributed by atoms with Crippen LogP contribution in [0.3, 0.4) is 0 Å². The van der Waals surface area contributed by atoms with E-state index in [1.807, 2.05) is 4.68 Å². The lowest BCUT2D eigenvalue weighted by Crippen LogP contribution is -2.29. The maximum atomic E-state index is 14.9. The van der Waals surface area contributed by atoms with Crippen LogP contribution in [0.25, 0.3) is 0 Å². The monoisotopic (exact) mass is 445 g/mol. The van der Waals surface area contributed by atoms with Gasteiger partial charge in [-0.05, 0) is 79.0 Å². The summed E-state index contributed by atoms with van der Waals surface area (Å²) in [6.45, 7) is 5.03. The van der Waals surface area contributed by atoms with Crippen molar-refractivity contribution in [3.05, 3.63) is 40.0 Å². The molecule has 9 heteroatoms. The molecule has 3 N–H and O–H groups in total. The number of amides is 2. The number of urea groups is 1. The molecule has 1 aliphatic heterocycles. The normalized spacial score (nSPS) is 20.5. The molecule has 0 spiro atoms. The lowest BCUT2D eigenvalue weighted by Gasteiger charge is -2.30. The Morgan fingerprint density at radius 1 is 1.16 bits per heavy atom. The number of hydrogen-bond acceptors (Lipinski definition) is 3. The van der Waals surface area contributed by atoms with Gasteiger partial charge in [0, 0.05) is 12.2 Å². The van der Waals surface area contributed by atoms with Gasteiger partial charge in [0.05, 0.1) is 11.9 Å². The van der Waals surface area contributed by atoms with Crippen molar-refractivity contribution in [1.82, 2.24) is 9.78 Å². The molecule has 1 aromatic carbocycles. The molecule has 5 rings (SSSR count). The van der Waals surface area contributed by atoms with Gasteiger partial charge in [0.25, 0.3) is 0 Å². The van der Waals surface area contributed by atoms with E-state index in [2.05, 4.69) is 28.6 Å². The summed E-state index contributed by atoms with van der Waals surface area (Å²) in [6.07, 6.45) is 7.61. The fraction of sp³-hybridized carbons (Fsp3) is 0.545. The van der Waals surface area contributed by atoms with Gasteiger partial charge in [-0.25, -0.2) is 18.5 Å². The minimum atomic E-state index is -3.45. The van der Waals surface area contributed by atoms with Gasteiger partial charge in [-0.3, -0.25) is 4.68 Å². The smallest absolute Gasteiger partial charge is 0.305 e. The zero-order valence-electron chi connectivity index (χ0n) is 18.0. The minimum absolute atomic E-state index is 0.101. The zero-order valence-corrected chi connectivity index (χ0v) is 18.8. The Hall–Kier alpha value is -2.26. The number of rotatable bonds is 2. The average Bonchev–Trinajstić information content (AvgIpc) is 3.42. The van der Waals surface area contributed by atoms with Crippen LogP contribution in [0.5, 0.6) is 0 Å². The Balaban J connectivity index is 1.48. The standard InChI is InChI=1S/C22H28FN5O2S/c1-22(2)10-9-17-18(11-25-28(17)12-22)31(24,30)27-21(29)26-20-15-7-3-5-13(15)19(23)14-6-4-8-16(14)20/h11H,3-10,12H2,1-2H3,(H3,24,26,27,29,30). The number of nitrogens with two attached hydrogens (primary N) is 1. The number of halogens is 1. The summed E-state index contributed by atoms with van der Waals surface area (Å²) in [6, 6.07) is -0.751. The molecule has 166 valence electrons. The number of nitrogens with one attached hydrogen (secondary N) is 1. The van der Waals surface area contributed by atoms with Gasteiger partial charge < -0.3 is 5.32 Å². The molecule has 0 fully saturated rings. The molecule has 2 aromatic rings. The second-order valence-electron chi connectivity index (χ2n) is 9.68. The van der Waals surface area contributed by atoms with Crippen LogP contribution in [0.1, 0.15) is 61.1 Å². The Kier molecular flexibility index (Phi) is 4.75. The number of anilines is 1. The highest BCUT2D eigenvalue weighted by molar-refractivity contribution is 7.91. The van der Waals surface area contributed by atoms with Crippen LogP contribution >= 0.6 is 0 Å². The van der Waals surface area contributed by atoms with E-state index in [0.717, 1.165) is 48.9 Å². The Bertz CT molecular complexity index is 1190. The first-order chi connectivity index (χ1) is 14.7. The number of nitrogens with zero attached hydrogens (tertiary/aromatic N) is 3. The number of aromatic nitrogens is 2. The third kappa shape index (κ3) is 3.47. The number of carbonyl (C=O) groups excluding carboxylic acids is 1. The number of hydrogen-bond donors (Lipinski definition) is 2. The van der Waals surface area contributed by atoms with Crippen molar-refractivity contribution < 1.29 is 13.4 Å². The van der Waals surface area contributed by atoms with Crippen LogP contribution in [0.4, 0.5) is 14.9 Å². The van der Waals surface area contributed by atoms with E-state index in [0.29, 0.717) is 47.5 Å². The predicted octanol–water partition coefficient (Wildman–Crippen LogP) is 3.90. The lowest BCUT2D eigenvalue weighted by molar-refractivity contribution is 0.233. The molecule has 1 atom stereocenters. The molecule has 1 aromatic heterocycles. The van der Waals surface area contributed by atoms with Crippen molar-refractivity contribution in [1.29, 1.82) is 0 Å². The van der Waals surface area contributed by atoms with Gasteiger partial charge in [0.2, 0.25) is 0 Å². The highest BCUT2D eigenvalue weighted by Crippen LogP contribution is 2.41.